The van der Waals surface area contributed by atoms with Crippen molar-refractivity contribution >= 4 is 69.6 Å². The molecule has 14 heteroatoms. The predicted octanol–water partition coefficient (Wildman–Crippen LogP) is 1.68. The molecule has 31 heavy (non-hydrogen) atoms. The highest BCUT2D eigenvalue weighted by Gasteiger charge is 2.05. The third kappa shape index (κ3) is 5.27. The largest absolute Gasteiger partial charge is 0.368 e. The second kappa shape index (κ2) is 8.42. The Labute approximate surface area is 179 Å². The Hall–Kier alpha value is -4.59. The van der Waals surface area contributed by atoms with Gasteiger partial charge in [-0.15, -0.1) is 11.3 Å². The molecule has 0 spiro atoms. The molecule has 0 atom stereocenters. The first-order valence-electron chi connectivity index (χ1n) is 8.75. The van der Waals surface area contributed by atoms with E-state index in [0.29, 0.717) is 0 Å². The van der Waals surface area contributed by atoms with Crippen LogP contribution in [-0.4, -0.2) is 36.1 Å². The lowest BCUT2D eigenvalue weighted by Gasteiger charge is -2.05. The van der Waals surface area contributed by atoms with Gasteiger partial charge < -0.3 is 33.6 Å². The van der Waals surface area contributed by atoms with Gasteiger partial charge in [0.15, 0.2) is 0 Å². The fourth-order valence-corrected chi connectivity index (χ4v) is 3.20. The molecule has 10 N–H and O–H groups in total. The summed E-state index contributed by atoms with van der Waals surface area (Å²) in [5.41, 5.74) is 23.8. The number of nitrogen functional groups attached to an aromatic ring is 4. The van der Waals surface area contributed by atoms with Crippen LogP contribution in [0.2, 0.25) is 0 Å². The second-order valence-corrected chi connectivity index (χ2v) is 7.12. The molecule has 0 saturated carbocycles. The Morgan fingerprint density at radius 2 is 1.23 bits per heavy atom. The second-order valence-electron chi connectivity index (χ2n) is 6.01. The monoisotopic (exact) mass is 435 g/mol. The number of hydrogen-bond donors (Lipinski definition) is 6. The molecular formula is C17H17N13S. The summed E-state index contributed by atoms with van der Waals surface area (Å²) in [7, 11) is 0. The van der Waals surface area contributed by atoms with E-state index in [-0.39, 0.29) is 35.7 Å². The van der Waals surface area contributed by atoms with Gasteiger partial charge in [-0.2, -0.15) is 29.9 Å². The number of hydrogen-bond acceptors (Lipinski definition) is 14. The van der Waals surface area contributed by atoms with E-state index in [4.69, 9.17) is 22.9 Å². The van der Waals surface area contributed by atoms with Crippen LogP contribution >= 0.6 is 11.3 Å². The van der Waals surface area contributed by atoms with Crippen LogP contribution in [-0.2, 0) is 0 Å². The summed E-state index contributed by atoms with van der Waals surface area (Å²) in [6.45, 7) is 0. The van der Waals surface area contributed by atoms with Crippen molar-refractivity contribution in [2.45, 2.75) is 0 Å². The molecule has 0 aliphatic rings. The minimum Gasteiger partial charge on any atom is -0.368 e. The van der Waals surface area contributed by atoms with E-state index in [1.165, 1.54) is 11.3 Å². The van der Waals surface area contributed by atoms with Gasteiger partial charge in [0.1, 0.15) is 0 Å². The van der Waals surface area contributed by atoms with Gasteiger partial charge in [0.2, 0.25) is 35.7 Å². The minimum atomic E-state index is 0.0449. The lowest BCUT2D eigenvalue weighted by atomic mass is 10.3. The normalized spacial score (nSPS) is 11.0. The Balaban J connectivity index is 1.39. The summed E-state index contributed by atoms with van der Waals surface area (Å²) < 4.78 is 0. The molecule has 0 aliphatic heterocycles. The zero-order valence-corrected chi connectivity index (χ0v) is 16.7. The molecule has 0 radical (unpaired) electrons. The van der Waals surface area contributed by atoms with Crippen molar-refractivity contribution < 1.29 is 0 Å². The van der Waals surface area contributed by atoms with Crippen LogP contribution in [0.25, 0.3) is 0 Å². The highest BCUT2D eigenvalue weighted by atomic mass is 32.1. The molecule has 0 amide bonds. The maximum absolute atomic E-state index is 5.57. The van der Waals surface area contributed by atoms with E-state index in [0.717, 1.165) is 21.3 Å². The van der Waals surface area contributed by atoms with Gasteiger partial charge in [-0.1, -0.05) is 0 Å². The quantitative estimate of drug-likeness (QED) is 0.238. The van der Waals surface area contributed by atoms with Crippen molar-refractivity contribution in [2.24, 2.45) is 4.99 Å². The first kappa shape index (κ1) is 19.7. The highest BCUT2D eigenvalue weighted by Crippen LogP contribution is 2.25. The van der Waals surface area contributed by atoms with E-state index in [1.54, 1.807) is 6.21 Å². The Bertz CT molecular complexity index is 1190. The van der Waals surface area contributed by atoms with Crippen LogP contribution in [0.5, 0.6) is 0 Å². The van der Waals surface area contributed by atoms with E-state index < -0.39 is 0 Å². The third-order valence-corrected chi connectivity index (χ3v) is 4.60. The average molecular weight is 435 g/mol. The Morgan fingerprint density at radius 1 is 0.677 bits per heavy atom. The van der Waals surface area contributed by atoms with Gasteiger partial charge in [-0.25, -0.2) is 0 Å². The predicted molar refractivity (Wildman–Crippen MR) is 122 cm³/mol. The molecule has 3 heterocycles. The zero-order valence-electron chi connectivity index (χ0n) is 15.9. The van der Waals surface area contributed by atoms with Gasteiger partial charge in [-0.05, 0) is 36.4 Å². The number of thiophene rings is 1. The van der Waals surface area contributed by atoms with Crippen molar-refractivity contribution in [3.05, 3.63) is 41.3 Å². The maximum Gasteiger partial charge on any atom is 0.234 e. The number of aliphatic imine (C=N–C) groups is 1. The number of rotatable bonds is 6. The zero-order chi connectivity index (χ0) is 21.8. The summed E-state index contributed by atoms with van der Waals surface area (Å²) in [6.07, 6.45) is 1.75. The molecule has 0 aliphatic carbocycles. The third-order valence-electron chi connectivity index (χ3n) is 3.67. The van der Waals surface area contributed by atoms with E-state index >= 15 is 0 Å². The summed E-state index contributed by atoms with van der Waals surface area (Å²) in [6, 6.07) is 11.1. The van der Waals surface area contributed by atoms with Crippen molar-refractivity contribution in [2.75, 3.05) is 33.6 Å². The SMILES string of the molecule is Nc1nc(N)nc(Nc2ccc(/N=C/c3ccc(Nc4nc(N)nc(N)n4)s3)cc2)n1. The van der Waals surface area contributed by atoms with Gasteiger partial charge >= 0.3 is 0 Å². The smallest absolute Gasteiger partial charge is 0.234 e. The molecule has 0 bridgehead atoms. The van der Waals surface area contributed by atoms with Crippen LogP contribution in [0.15, 0.2) is 41.4 Å². The molecule has 0 saturated heterocycles. The van der Waals surface area contributed by atoms with Crippen LogP contribution in [0.4, 0.5) is 52.1 Å². The van der Waals surface area contributed by atoms with Gasteiger partial charge in [0.05, 0.1) is 10.7 Å². The molecule has 0 unspecified atom stereocenters. The van der Waals surface area contributed by atoms with Gasteiger partial charge in [-0.3, -0.25) is 4.99 Å². The van der Waals surface area contributed by atoms with Crippen LogP contribution in [0.3, 0.4) is 0 Å². The summed E-state index contributed by atoms with van der Waals surface area (Å²) in [5.74, 6) is 0.732. The topological polar surface area (TPSA) is 218 Å². The molecular weight excluding hydrogens is 418 g/mol. The lowest BCUT2D eigenvalue weighted by Crippen LogP contribution is -2.06. The summed E-state index contributed by atoms with van der Waals surface area (Å²) >= 11 is 1.47. The molecule has 3 aromatic heterocycles. The van der Waals surface area contributed by atoms with Crippen molar-refractivity contribution in [1.29, 1.82) is 0 Å². The lowest BCUT2D eigenvalue weighted by molar-refractivity contribution is 1.08. The minimum absolute atomic E-state index is 0.0449. The number of nitrogens with one attached hydrogen (secondary N) is 2. The summed E-state index contributed by atoms with van der Waals surface area (Å²) in [5, 5.41) is 6.85. The average Bonchev–Trinajstić information content (AvgIpc) is 3.13. The maximum atomic E-state index is 5.57. The fourth-order valence-electron chi connectivity index (χ4n) is 2.43. The Kier molecular flexibility index (Phi) is 5.35. The van der Waals surface area contributed by atoms with Crippen molar-refractivity contribution in [1.82, 2.24) is 29.9 Å². The van der Waals surface area contributed by atoms with E-state index in [1.807, 2.05) is 36.4 Å². The number of aromatic nitrogens is 6. The molecule has 156 valence electrons. The van der Waals surface area contributed by atoms with Crippen LogP contribution < -0.4 is 33.6 Å². The Morgan fingerprint density at radius 3 is 1.81 bits per heavy atom. The first-order valence-corrected chi connectivity index (χ1v) is 9.57. The molecule has 0 fully saturated rings. The van der Waals surface area contributed by atoms with Crippen LogP contribution in [0, 0.1) is 0 Å². The highest BCUT2D eigenvalue weighted by molar-refractivity contribution is 7.17. The van der Waals surface area contributed by atoms with E-state index in [2.05, 4.69) is 45.5 Å². The number of nitrogens with zero attached hydrogens (tertiary/aromatic N) is 7. The number of anilines is 8. The van der Waals surface area contributed by atoms with Crippen LogP contribution in [0.1, 0.15) is 4.88 Å². The van der Waals surface area contributed by atoms with E-state index in [9.17, 15) is 0 Å². The molecule has 4 rings (SSSR count). The molecule has 13 nitrogen and oxygen atoms in total. The number of benzene rings is 1. The standard InChI is InChI=1S/C17H17N13S/c18-12-25-13(19)28-16(27-12)23-9-3-1-8(2-4-9)22-7-10-5-6-11(31-10)24-17-29-14(20)26-15(21)30-17/h1-7H,(H5,18,19,23,25,27,28)(H5,20,21,24,26,29,30)/b22-7+. The molecule has 4 aromatic rings. The first-order chi connectivity index (χ1) is 14.9. The van der Waals surface area contributed by atoms with Gasteiger partial charge in [0.25, 0.3) is 0 Å². The fraction of sp³-hybridized carbons (Fsp3) is 0. The van der Waals surface area contributed by atoms with Crippen molar-refractivity contribution in [3.8, 4) is 0 Å². The molecule has 1 aromatic carbocycles. The van der Waals surface area contributed by atoms with Gasteiger partial charge in [0, 0.05) is 16.8 Å². The number of nitrogens with two attached hydrogens (primary N) is 4. The van der Waals surface area contributed by atoms with Crippen molar-refractivity contribution in [3.63, 3.8) is 0 Å². The summed E-state index contributed by atoms with van der Waals surface area (Å²) in [4.78, 5) is 28.8.